The Balaban J connectivity index is 2.09. The van der Waals surface area contributed by atoms with Crippen LogP contribution in [0.2, 0.25) is 5.15 Å². The van der Waals surface area contributed by atoms with Crippen molar-refractivity contribution >= 4 is 17.5 Å². The molecule has 104 valence electrons. The Labute approximate surface area is 119 Å². The second-order valence-corrected chi connectivity index (χ2v) is 6.04. The Kier molecular flexibility index (Phi) is 4.11. The maximum atomic E-state index is 12.3. The summed E-state index contributed by atoms with van der Waals surface area (Å²) in [5.41, 5.74) is 0.510. The van der Waals surface area contributed by atoms with E-state index in [0.717, 1.165) is 19.6 Å². The monoisotopic (exact) mass is 281 g/mol. The fraction of sp³-hybridized carbons (Fsp3) is 0.571. The molecule has 19 heavy (non-hydrogen) atoms. The van der Waals surface area contributed by atoms with Gasteiger partial charge in [0.15, 0.2) is 0 Å². The molecule has 1 aromatic heterocycles. The first kappa shape index (κ1) is 14.3. The number of likely N-dealkylation sites (N-methyl/N-ethyl adjacent to an activating group) is 1. The van der Waals surface area contributed by atoms with Crippen molar-refractivity contribution in [2.45, 2.75) is 26.8 Å². The number of rotatable bonds is 3. The van der Waals surface area contributed by atoms with E-state index < -0.39 is 0 Å². The van der Waals surface area contributed by atoms with E-state index in [1.807, 2.05) is 0 Å². The lowest BCUT2D eigenvalue weighted by Gasteiger charge is -2.26. The first-order valence-electron chi connectivity index (χ1n) is 6.58. The molecule has 0 saturated carbocycles. The van der Waals surface area contributed by atoms with E-state index in [2.05, 4.69) is 36.0 Å². The zero-order valence-electron chi connectivity index (χ0n) is 11.6. The van der Waals surface area contributed by atoms with E-state index in [-0.39, 0.29) is 22.5 Å². The summed E-state index contributed by atoms with van der Waals surface area (Å²) in [4.78, 5) is 18.5. The number of aromatic nitrogens is 1. The summed E-state index contributed by atoms with van der Waals surface area (Å²) in [7, 11) is 0. The topological polar surface area (TPSA) is 45.2 Å². The fourth-order valence-corrected chi connectivity index (χ4v) is 2.73. The predicted molar refractivity (Wildman–Crippen MR) is 76.4 cm³/mol. The van der Waals surface area contributed by atoms with Crippen LogP contribution >= 0.6 is 11.6 Å². The van der Waals surface area contributed by atoms with Crippen LogP contribution in [-0.4, -0.2) is 41.5 Å². The Bertz CT molecular complexity index is 476. The van der Waals surface area contributed by atoms with Crippen LogP contribution in [0.5, 0.6) is 0 Å². The molecule has 1 saturated heterocycles. The van der Waals surface area contributed by atoms with Gasteiger partial charge in [-0.2, -0.15) is 0 Å². The molecule has 4 nitrogen and oxygen atoms in total. The average Bonchev–Trinajstić information content (AvgIpc) is 2.65. The van der Waals surface area contributed by atoms with Gasteiger partial charge >= 0.3 is 0 Å². The van der Waals surface area contributed by atoms with Gasteiger partial charge in [-0.1, -0.05) is 32.4 Å². The minimum absolute atomic E-state index is 0.0698. The van der Waals surface area contributed by atoms with Crippen molar-refractivity contribution < 1.29 is 4.79 Å². The molecule has 1 atom stereocenters. The highest BCUT2D eigenvalue weighted by molar-refractivity contribution is 6.32. The Morgan fingerprint density at radius 2 is 2.37 bits per heavy atom. The molecule has 2 rings (SSSR count). The van der Waals surface area contributed by atoms with Gasteiger partial charge in [0.25, 0.3) is 5.91 Å². The summed E-state index contributed by atoms with van der Waals surface area (Å²) >= 11 is 5.95. The predicted octanol–water partition coefficient (Wildman–Crippen LogP) is 2.20. The van der Waals surface area contributed by atoms with Crippen LogP contribution in [0.25, 0.3) is 0 Å². The molecule has 0 aromatic carbocycles. The zero-order valence-corrected chi connectivity index (χ0v) is 12.4. The molecule has 0 spiro atoms. The van der Waals surface area contributed by atoms with Gasteiger partial charge in [-0.25, -0.2) is 4.98 Å². The number of nitrogens with zero attached hydrogens (tertiary/aromatic N) is 2. The number of likely N-dealkylation sites (tertiary alicyclic amines) is 1. The fourth-order valence-electron chi connectivity index (χ4n) is 2.53. The van der Waals surface area contributed by atoms with Crippen LogP contribution in [0.4, 0.5) is 0 Å². The number of amides is 1. The van der Waals surface area contributed by atoms with Crippen LogP contribution in [0.3, 0.4) is 0 Å². The van der Waals surface area contributed by atoms with Crippen molar-refractivity contribution in [1.29, 1.82) is 0 Å². The molecule has 1 fully saturated rings. The summed E-state index contributed by atoms with van der Waals surface area (Å²) in [6.45, 7) is 9.38. The summed E-state index contributed by atoms with van der Waals surface area (Å²) in [5.74, 6) is -0.144. The van der Waals surface area contributed by atoms with Crippen molar-refractivity contribution in [1.82, 2.24) is 15.2 Å². The van der Waals surface area contributed by atoms with E-state index in [0.29, 0.717) is 5.56 Å². The van der Waals surface area contributed by atoms with Crippen LogP contribution in [-0.2, 0) is 0 Å². The Hall–Kier alpha value is -1.13. The number of halogens is 1. The molecule has 0 bridgehead atoms. The van der Waals surface area contributed by atoms with E-state index in [1.165, 1.54) is 0 Å². The second kappa shape index (κ2) is 5.47. The minimum atomic E-state index is -0.144. The average molecular weight is 282 g/mol. The van der Waals surface area contributed by atoms with Crippen molar-refractivity contribution in [3.63, 3.8) is 0 Å². The van der Waals surface area contributed by atoms with Crippen LogP contribution in [0.15, 0.2) is 18.3 Å². The molecule has 2 heterocycles. The van der Waals surface area contributed by atoms with Crippen molar-refractivity contribution in [2.24, 2.45) is 5.41 Å². The standard InChI is InChI=1S/C14H20ClN3O/c1-4-18-8-11(14(2,3)9-18)17-13(19)10-6-5-7-16-12(10)15/h5-7,11H,4,8-9H2,1-3H3,(H,17,19). The van der Waals surface area contributed by atoms with Crippen molar-refractivity contribution in [3.8, 4) is 0 Å². The molecular formula is C14H20ClN3O. The third kappa shape index (κ3) is 3.07. The first-order chi connectivity index (χ1) is 8.94. The van der Waals surface area contributed by atoms with Gasteiger partial charge in [0.2, 0.25) is 0 Å². The molecule has 0 radical (unpaired) electrons. The van der Waals surface area contributed by atoms with E-state index >= 15 is 0 Å². The lowest BCUT2D eigenvalue weighted by Crippen LogP contribution is -2.44. The van der Waals surface area contributed by atoms with Gasteiger partial charge in [0.1, 0.15) is 5.15 Å². The maximum Gasteiger partial charge on any atom is 0.254 e. The molecule has 1 N–H and O–H groups in total. The highest BCUT2D eigenvalue weighted by Gasteiger charge is 2.39. The van der Waals surface area contributed by atoms with Gasteiger partial charge < -0.3 is 10.2 Å². The summed E-state index contributed by atoms with van der Waals surface area (Å²) in [5, 5.41) is 3.34. The second-order valence-electron chi connectivity index (χ2n) is 5.68. The summed E-state index contributed by atoms with van der Waals surface area (Å²) < 4.78 is 0. The summed E-state index contributed by atoms with van der Waals surface area (Å²) in [6.07, 6.45) is 1.58. The molecule has 1 aromatic rings. The highest BCUT2D eigenvalue weighted by Crippen LogP contribution is 2.29. The lowest BCUT2D eigenvalue weighted by molar-refractivity contribution is 0.0916. The lowest BCUT2D eigenvalue weighted by atomic mass is 9.87. The number of hydrogen-bond acceptors (Lipinski definition) is 3. The van der Waals surface area contributed by atoms with Gasteiger partial charge in [0.05, 0.1) is 5.56 Å². The molecule has 1 amide bonds. The number of carbonyl (C=O) groups excluding carboxylic acids is 1. The normalized spacial score (nSPS) is 22.4. The number of carbonyl (C=O) groups is 1. The van der Waals surface area contributed by atoms with Crippen LogP contribution < -0.4 is 5.32 Å². The van der Waals surface area contributed by atoms with Crippen molar-refractivity contribution in [2.75, 3.05) is 19.6 Å². The van der Waals surface area contributed by atoms with E-state index in [9.17, 15) is 4.79 Å². The number of pyridine rings is 1. The van der Waals surface area contributed by atoms with Crippen LogP contribution in [0.1, 0.15) is 31.1 Å². The quantitative estimate of drug-likeness (QED) is 0.864. The third-order valence-electron chi connectivity index (χ3n) is 3.77. The van der Waals surface area contributed by atoms with Gasteiger partial charge in [-0.3, -0.25) is 4.79 Å². The molecule has 1 aliphatic heterocycles. The Morgan fingerprint density at radius 1 is 1.63 bits per heavy atom. The van der Waals surface area contributed by atoms with Crippen molar-refractivity contribution in [3.05, 3.63) is 29.0 Å². The van der Waals surface area contributed by atoms with E-state index in [4.69, 9.17) is 11.6 Å². The molecular weight excluding hydrogens is 262 g/mol. The first-order valence-corrected chi connectivity index (χ1v) is 6.95. The van der Waals surface area contributed by atoms with E-state index in [1.54, 1.807) is 18.3 Å². The highest BCUT2D eigenvalue weighted by atomic mass is 35.5. The van der Waals surface area contributed by atoms with Gasteiger partial charge in [-0.15, -0.1) is 0 Å². The minimum Gasteiger partial charge on any atom is -0.347 e. The SMILES string of the molecule is CCN1CC(NC(=O)c2cccnc2Cl)C(C)(C)C1. The maximum absolute atomic E-state index is 12.3. The van der Waals surface area contributed by atoms with Crippen LogP contribution in [0, 0.1) is 5.41 Å². The molecule has 1 unspecified atom stereocenters. The number of nitrogens with one attached hydrogen (secondary N) is 1. The Morgan fingerprint density at radius 3 is 2.95 bits per heavy atom. The smallest absolute Gasteiger partial charge is 0.254 e. The van der Waals surface area contributed by atoms with Gasteiger partial charge in [-0.05, 0) is 24.1 Å². The third-order valence-corrected chi connectivity index (χ3v) is 4.07. The molecule has 0 aliphatic carbocycles. The van der Waals surface area contributed by atoms with Gasteiger partial charge in [0, 0.05) is 25.3 Å². The molecule has 5 heteroatoms. The zero-order chi connectivity index (χ0) is 14.0. The summed E-state index contributed by atoms with van der Waals surface area (Å²) in [6, 6.07) is 3.56. The molecule has 1 aliphatic rings. The number of hydrogen-bond donors (Lipinski definition) is 1. The largest absolute Gasteiger partial charge is 0.347 e.